The van der Waals surface area contributed by atoms with Crippen LogP contribution in [0.15, 0.2) is 96.0 Å². The van der Waals surface area contributed by atoms with E-state index in [-0.39, 0.29) is 50.0 Å². The smallest absolute Gasteiger partial charge is 0.326 e. The highest BCUT2D eigenvalue weighted by molar-refractivity contribution is 5.94. The predicted octanol–water partition coefficient (Wildman–Crippen LogP) is 1.78. The molecule has 0 saturated carbocycles. The number of nitrogens with two attached hydrogens (primary N) is 3. The zero-order valence-corrected chi connectivity index (χ0v) is 34.0. The Bertz CT molecular complexity index is 1780. The normalized spacial score (nSPS) is 15.4. The number of amides is 4. The van der Waals surface area contributed by atoms with Crippen LogP contribution in [0.25, 0.3) is 0 Å². The molecule has 4 amide bonds. The minimum atomic E-state index is -1.24. The molecule has 0 aliphatic carbocycles. The van der Waals surface area contributed by atoms with Crippen LogP contribution in [-0.2, 0) is 43.2 Å². The van der Waals surface area contributed by atoms with Gasteiger partial charge < -0.3 is 48.5 Å². The van der Waals surface area contributed by atoms with E-state index in [2.05, 4.69) is 26.3 Å². The van der Waals surface area contributed by atoms with Gasteiger partial charge in [-0.2, -0.15) is 0 Å². The van der Waals surface area contributed by atoms with Gasteiger partial charge in [-0.3, -0.25) is 24.2 Å². The maximum Gasteiger partial charge on any atom is 0.326 e. The molecule has 318 valence electrons. The lowest BCUT2D eigenvalue weighted by Crippen LogP contribution is -2.61. The number of likely N-dealkylation sites (tertiary alicyclic amines) is 1. The quantitative estimate of drug-likeness (QED) is 0.0370. The van der Waals surface area contributed by atoms with Gasteiger partial charge in [0.2, 0.25) is 23.6 Å². The summed E-state index contributed by atoms with van der Waals surface area (Å²) in [6, 6.07) is 24.9. The number of carboxylic acid groups (broad SMARTS) is 1. The lowest BCUT2D eigenvalue weighted by Gasteiger charge is -2.38. The van der Waals surface area contributed by atoms with E-state index in [0.29, 0.717) is 58.0 Å². The fourth-order valence-electron chi connectivity index (χ4n) is 7.65. The summed E-state index contributed by atoms with van der Waals surface area (Å²) >= 11 is 0. The van der Waals surface area contributed by atoms with E-state index in [1.54, 1.807) is 11.9 Å². The third-order valence-corrected chi connectivity index (χ3v) is 10.6. The average Bonchev–Trinajstić information content (AvgIpc) is 3.72. The van der Waals surface area contributed by atoms with E-state index in [4.69, 9.17) is 17.2 Å². The van der Waals surface area contributed by atoms with Gasteiger partial charge in [0.25, 0.3) is 0 Å². The van der Waals surface area contributed by atoms with Crippen molar-refractivity contribution >= 4 is 35.6 Å². The number of hydrogen-bond acceptors (Lipinski definition) is 8. The SMILES string of the molecule is CN[C@@H](Cc1ccccc1)C(=O)N[C@@H](CCCCN)C(=O)N1CCC[C@H]1C(=O)NC(CC(=O)N[C@H](CCCN=C(N)N)C(=O)O)(Cc1ccccc1)Cc1ccccc1. The standard InChI is InChI=1S/C44H61N9O6/c1-48-36(27-31-15-5-2-6-16-31)39(55)51-34(21-11-12-24-45)41(57)53-26-14-23-37(53)40(56)52-44(28-32-17-7-3-8-18-32,29-33-19-9-4-10-20-33)30-38(54)50-35(42(58)59)22-13-25-49-43(46)47/h2-10,15-20,34-37,48H,11-14,21-30,45H2,1H3,(H,50,54)(H,51,55)(H,52,56)(H,58,59)(H4,46,47,49)/t34-,35+,36-,37-/m0/s1. The van der Waals surface area contributed by atoms with E-state index in [1.807, 2.05) is 91.0 Å². The molecule has 1 heterocycles. The highest BCUT2D eigenvalue weighted by atomic mass is 16.4. The summed E-state index contributed by atoms with van der Waals surface area (Å²) in [6.07, 6.45) is 3.56. The minimum Gasteiger partial charge on any atom is -0.480 e. The van der Waals surface area contributed by atoms with Crippen molar-refractivity contribution in [2.45, 2.75) is 100 Å². The van der Waals surface area contributed by atoms with E-state index in [9.17, 15) is 29.1 Å². The van der Waals surface area contributed by atoms with Gasteiger partial charge in [0.15, 0.2) is 5.96 Å². The molecule has 3 aromatic carbocycles. The number of aliphatic imine (C=N–C) groups is 1. The maximum atomic E-state index is 14.7. The fraction of sp³-hybridized carbons (Fsp3) is 0.455. The second-order valence-corrected chi connectivity index (χ2v) is 15.2. The van der Waals surface area contributed by atoms with Gasteiger partial charge in [0, 0.05) is 13.1 Å². The molecule has 1 aliphatic heterocycles. The van der Waals surface area contributed by atoms with Crippen LogP contribution >= 0.6 is 0 Å². The summed E-state index contributed by atoms with van der Waals surface area (Å²) in [5.74, 6) is -3.01. The highest BCUT2D eigenvalue weighted by Crippen LogP contribution is 2.27. The third kappa shape index (κ3) is 14.8. The molecule has 11 N–H and O–H groups in total. The number of carbonyl (C=O) groups excluding carboxylic acids is 4. The van der Waals surface area contributed by atoms with Crippen molar-refractivity contribution in [3.05, 3.63) is 108 Å². The van der Waals surface area contributed by atoms with Crippen LogP contribution in [0.5, 0.6) is 0 Å². The van der Waals surface area contributed by atoms with Crippen molar-refractivity contribution in [1.29, 1.82) is 0 Å². The van der Waals surface area contributed by atoms with Gasteiger partial charge in [-0.15, -0.1) is 0 Å². The van der Waals surface area contributed by atoms with E-state index < -0.39 is 47.5 Å². The van der Waals surface area contributed by atoms with Crippen LogP contribution in [0, 0.1) is 0 Å². The number of carboxylic acids is 1. The first-order chi connectivity index (χ1) is 28.4. The van der Waals surface area contributed by atoms with Crippen LogP contribution < -0.4 is 38.5 Å². The summed E-state index contributed by atoms with van der Waals surface area (Å²) < 4.78 is 0. The summed E-state index contributed by atoms with van der Waals surface area (Å²) in [7, 11) is 1.70. The minimum absolute atomic E-state index is 0.0814. The largest absolute Gasteiger partial charge is 0.480 e. The van der Waals surface area contributed by atoms with E-state index >= 15 is 0 Å². The van der Waals surface area contributed by atoms with Gasteiger partial charge in [-0.05, 0) is 94.5 Å². The Labute approximate surface area is 347 Å². The van der Waals surface area contributed by atoms with Crippen molar-refractivity contribution in [1.82, 2.24) is 26.2 Å². The number of carbonyl (C=O) groups is 5. The number of aliphatic carboxylic acids is 1. The second-order valence-electron chi connectivity index (χ2n) is 15.2. The van der Waals surface area contributed by atoms with Crippen LogP contribution in [0.4, 0.5) is 0 Å². The molecule has 15 heteroatoms. The van der Waals surface area contributed by atoms with Gasteiger partial charge in [0.05, 0.1) is 18.0 Å². The Kier molecular flexibility index (Phi) is 18.3. The molecular formula is C44H61N9O6. The van der Waals surface area contributed by atoms with Gasteiger partial charge in [0.1, 0.15) is 18.1 Å². The number of unbranched alkanes of at least 4 members (excludes halogenated alkanes) is 1. The van der Waals surface area contributed by atoms with Gasteiger partial charge in [-0.1, -0.05) is 91.0 Å². The summed E-state index contributed by atoms with van der Waals surface area (Å²) in [6.45, 7) is 0.937. The molecule has 1 saturated heterocycles. The third-order valence-electron chi connectivity index (χ3n) is 10.6. The number of hydrogen-bond donors (Lipinski definition) is 8. The van der Waals surface area contributed by atoms with Gasteiger partial charge in [-0.25, -0.2) is 4.79 Å². The number of rotatable bonds is 24. The van der Waals surface area contributed by atoms with Crippen LogP contribution in [0.3, 0.4) is 0 Å². The van der Waals surface area contributed by atoms with E-state index in [0.717, 1.165) is 16.7 Å². The molecule has 1 aliphatic rings. The Morgan fingerprint density at radius 3 is 1.92 bits per heavy atom. The molecular weight excluding hydrogens is 751 g/mol. The first kappa shape index (κ1) is 45.9. The molecule has 15 nitrogen and oxygen atoms in total. The first-order valence-corrected chi connectivity index (χ1v) is 20.4. The van der Waals surface area contributed by atoms with Crippen LogP contribution in [0.1, 0.15) is 68.1 Å². The number of guanidine groups is 1. The van der Waals surface area contributed by atoms with Gasteiger partial charge >= 0.3 is 5.97 Å². The van der Waals surface area contributed by atoms with E-state index in [1.165, 1.54) is 0 Å². The molecule has 0 spiro atoms. The monoisotopic (exact) mass is 811 g/mol. The molecule has 4 atom stereocenters. The number of likely N-dealkylation sites (N-methyl/N-ethyl adjacent to an activating group) is 1. The molecule has 0 unspecified atom stereocenters. The Hall–Kier alpha value is -5.80. The lowest BCUT2D eigenvalue weighted by molar-refractivity contribution is -0.143. The van der Waals surface area contributed by atoms with Crippen molar-refractivity contribution in [2.75, 3.05) is 26.7 Å². The zero-order chi connectivity index (χ0) is 42.6. The maximum absolute atomic E-state index is 14.7. The van der Waals surface area contributed by atoms with Crippen molar-refractivity contribution in [2.24, 2.45) is 22.2 Å². The summed E-state index contributed by atoms with van der Waals surface area (Å²) in [4.78, 5) is 74.5. The Balaban J connectivity index is 1.62. The molecule has 1 fully saturated rings. The van der Waals surface area contributed by atoms with Crippen LogP contribution in [-0.4, -0.2) is 102 Å². The molecule has 3 aromatic rings. The molecule has 0 aromatic heterocycles. The number of benzene rings is 3. The Morgan fingerprint density at radius 1 is 0.797 bits per heavy atom. The summed E-state index contributed by atoms with van der Waals surface area (Å²) in [5, 5.41) is 22.0. The zero-order valence-electron chi connectivity index (χ0n) is 34.0. The molecule has 59 heavy (non-hydrogen) atoms. The number of nitrogens with zero attached hydrogens (tertiary/aromatic N) is 2. The highest BCUT2D eigenvalue weighted by Gasteiger charge is 2.42. The molecule has 4 rings (SSSR count). The van der Waals surface area contributed by atoms with Crippen molar-refractivity contribution in [3.8, 4) is 0 Å². The first-order valence-electron chi connectivity index (χ1n) is 20.4. The average molecular weight is 812 g/mol. The van der Waals surface area contributed by atoms with Crippen molar-refractivity contribution < 1.29 is 29.1 Å². The summed E-state index contributed by atoms with van der Waals surface area (Å²) in [5.41, 5.74) is 18.0. The molecule has 0 bridgehead atoms. The topological polar surface area (TPSA) is 247 Å². The van der Waals surface area contributed by atoms with Crippen molar-refractivity contribution in [3.63, 3.8) is 0 Å². The predicted molar refractivity (Wildman–Crippen MR) is 228 cm³/mol. The lowest BCUT2D eigenvalue weighted by atomic mass is 9.81. The Morgan fingerprint density at radius 2 is 1.37 bits per heavy atom. The number of nitrogens with one attached hydrogen (secondary N) is 4. The second kappa shape index (κ2) is 23.6. The fourth-order valence-corrected chi connectivity index (χ4v) is 7.65. The van der Waals surface area contributed by atoms with Crippen LogP contribution in [0.2, 0.25) is 0 Å². The molecule has 0 radical (unpaired) electrons.